The van der Waals surface area contributed by atoms with E-state index >= 15 is 0 Å². The Morgan fingerprint density at radius 1 is 0.479 bits per heavy atom. The maximum atomic E-state index is 13.4. The molecular weight excluding hydrogens is 618 g/mol. The molecule has 0 fully saturated rings. The van der Waals surface area contributed by atoms with Gasteiger partial charge < -0.3 is 0 Å². The van der Waals surface area contributed by atoms with Crippen molar-refractivity contribution < 1.29 is 26.3 Å². The highest BCUT2D eigenvalue weighted by molar-refractivity contribution is 5.91. The second-order valence-electron chi connectivity index (χ2n) is 13.1. The van der Waals surface area contributed by atoms with E-state index in [0.29, 0.717) is 0 Å². The lowest BCUT2D eigenvalue weighted by Crippen LogP contribution is -2.04. The van der Waals surface area contributed by atoms with Crippen LogP contribution in [-0.2, 0) is 25.2 Å². The average molecular weight is 659 g/mol. The number of unbranched alkanes of at least 4 members (excludes halogenated alkanes) is 2. The van der Waals surface area contributed by atoms with Gasteiger partial charge in [-0.1, -0.05) is 98.5 Å². The van der Waals surface area contributed by atoms with Gasteiger partial charge >= 0.3 is 12.4 Å². The van der Waals surface area contributed by atoms with Crippen LogP contribution in [0.5, 0.6) is 0 Å². The first-order valence-corrected chi connectivity index (χ1v) is 17.0. The van der Waals surface area contributed by atoms with Crippen LogP contribution in [0.25, 0.3) is 33.4 Å². The number of hydrogen-bond acceptors (Lipinski definition) is 0. The van der Waals surface area contributed by atoms with Crippen LogP contribution in [0, 0.1) is 0 Å². The normalized spacial score (nSPS) is 14.6. The van der Waals surface area contributed by atoms with E-state index in [4.69, 9.17) is 0 Å². The molecule has 6 rings (SSSR count). The maximum absolute atomic E-state index is 13.4. The Kier molecular flexibility index (Phi) is 9.74. The Bertz CT molecular complexity index is 1700. The van der Waals surface area contributed by atoms with Crippen LogP contribution in [0.2, 0.25) is 0 Å². The second kappa shape index (κ2) is 13.8. The van der Waals surface area contributed by atoms with Crippen LogP contribution >= 0.6 is 0 Å². The molecule has 2 aliphatic rings. The zero-order valence-electron chi connectivity index (χ0n) is 27.4. The van der Waals surface area contributed by atoms with Crippen LogP contribution < -0.4 is 0 Å². The van der Waals surface area contributed by atoms with E-state index < -0.39 is 23.5 Å². The van der Waals surface area contributed by atoms with Gasteiger partial charge in [-0.2, -0.15) is 26.3 Å². The van der Waals surface area contributed by atoms with Gasteiger partial charge in [-0.25, -0.2) is 0 Å². The number of halogens is 6. The second-order valence-corrected chi connectivity index (χ2v) is 13.1. The Hall–Kier alpha value is -4.06. The summed E-state index contributed by atoms with van der Waals surface area (Å²) in [6, 6.07) is 23.3. The van der Waals surface area contributed by atoms with Crippen LogP contribution in [0.4, 0.5) is 26.3 Å². The van der Waals surface area contributed by atoms with Crippen molar-refractivity contribution in [1.29, 1.82) is 0 Å². The van der Waals surface area contributed by atoms with E-state index in [1.807, 2.05) is 24.3 Å². The third-order valence-electron chi connectivity index (χ3n) is 9.90. The highest BCUT2D eigenvalue weighted by atomic mass is 19.4. The first-order valence-electron chi connectivity index (χ1n) is 17.0. The average Bonchev–Trinajstić information content (AvgIpc) is 3.61. The quantitative estimate of drug-likeness (QED) is 0.141. The van der Waals surface area contributed by atoms with E-state index in [1.54, 1.807) is 24.3 Å². The van der Waals surface area contributed by atoms with Gasteiger partial charge in [0.1, 0.15) is 0 Å². The van der Waals surface area contributed by atoms with E-state index in [0.717, 1.165) is 122 Å². The SMILES string of the molecule is CCCCC1=C(CCC2=C(CCCC)Cc3cccc(-c4ccc(C(F)(F)F)cc4)c32)c2c(cccc2-c2ccc(C(F)(F)F)cc2)C1. The summed E-state index contributed by atoms with van der Waals surface area (Å²) < 4.78 is 80.3. The molecule has 0 radical (unpaired) electrons. The first-order chi connectivity index (χ1) is 23.0. The van der Waals surface area contributed by atoms with Crippen molar-refractivity contribution in [2.75, 3.05) is 0 Å². The van der Waals surface area contributed by atoms with E-state index in [2.05, 4.69) is 26.0 Å². The molecular formula is C42H40F6. The molecule has 4 aromatic rings. The predicted molar refractivity (Wildman–Crippen MR) is 183 cm³/mol. The van der Waals surface area contributed by atoms with Gasteiger partial charge in [-0.15, -0.1) is 0 Å². The molecule has 0 amide bonds. The van der Waals surface area contributed by atoms with Gasteiger partial charge in [0.2, 0.25) is 0 Å². The molecule has 0 aromatic heterocycles. The highest BCUT2D eigenvalue weighted by Gasteiger charge is 2.32. The summed E-state index contributed by atoms with van der Waals surface area (Å²) in [6.07, 6.45) is 0.675. The topological polar surface area (TPSA) is 0 Å². The van der Waals surface area contributed by atoms with Crippen molar-refractivity contribution in [3.05, 3.63) is 129 Å². The standard InChI is InChI=1S/C42H40F6/c1-3-5-9-29-25-31-11-7-13-35(27-15-19-33(20-16-27)41(43,44)45)39(31)37(29)23-24-38-30(10-6-4-2)26-32-12-8-14-36(40(32)38)28-17-21-34(22-18-28)42(46,47)48/h7-8,11-22H,3-6,9-10,23-26H2,1-2H3. The van der Waals surface area contributed by atoms with Gasteiger partial charge in [-0.05, 0) is 131 Å². The number of hydrogen-bond donors (Lipinski definition) is 0. The van der Waals surface area contributed by atoms with E-state index in [-0.39, 0.29) is 0 Å². The zero-order valence-corrected chi connectivity index (χ0v) is 27.4. The van der Waals surface area contributed by atoms with Crippen LogP contribution in [-0.4, -0.2) is 0 Å². The van der Waals surface area contributed by atoms with Gasteiger partial charge in [0.05, 0.1) is 11.1 Å². The molecule has 0 unspecified atom stereocenters. The zero-order chi connectivity index (χ0) is 34.1. The van der Waals surface area contributed by atoms with Crippen molar-refractivity contribution in [1.82, 2.24) is 0 Å². The van der Waals surface area contributed by atoms with Crippen molar-refractivity contribution in [3.63, 3.8) is 0 Å². The predicted octanol–water partition coefficient (Wildman–Crippen LogP) is 13.5. The third-order valence-corrected chi connectivity index (χ3v) is 9.90. The monoisotopic (exact) mass is 658 g/mol. The molecule has 0 spiro atoms. The molecule has 0 saturated heterocycles. The van der Waals surface area contributed by atoms with Crippen molar-refractivity contribution in [2.45, 2.75) is 90.4 Å². The number of alkyl halides is 6. The lowest BCUT2D eigenvalue weighted by atomic mass is 9.87. The summed E-state index contributed by atoms with van der Waals surface area (Å²) in [7, 11) is 0. The Morgan fingerprint density at radius 3 is 1.19 bits per heavy atom. The Labute approximate surface area is 279 Å². The van der Waals surface area contributed by atoms with Gasteiger partial charge in [0, 0.05) is 0 Å². The van der Waals surface area contributed by atoms with Gasteiger partial charge in [-0.3, -0.25) is 0 Å². The van der Waals surface area contributed by atoms with E-state index in [9.17, 15) is 26.3 Å². The Balaban J connectivity index is 1.39. The molecule has 2 aliphatic carbocycles. The van der Waals surface area contributed by atoms with Crippen molar-refractivity contribution in [3.8, 4) is 22.3 Å². The molecule has 0 heterocycles. The number of benzene rings is 4. The fourth-order valence-electron chi connectivity index (χ4n) is 7.51. The third kappa shape index (κ3) is 6.90. The number of rotatable bonds is 11. The fourth-order valence-corrected chi connectivity index (χ4v) is 7.51. The minimum atomic E-state index is -4.39. The lowest BCUT2D eigenvalue weighted by molar-refractivity contribution is -0.138. The smallest absolute Gasteiger partial charge is 0.166 e. The molecule has 0 nitrogen and oxygen atoms in total. The van der Waals surface area contributed by atoms with Crippen LogP contribution in [0.1, 0.15) is 98.6 Å². The number of fused-ring (bicyclic) bond motifs is 2. The molecule has 0 N–H and O–H groups in total. The molecule has 6 heteroatoms. The minimum Gasteiger partial charge on any atom is -0.166 e. The van der Waals surface area contributed by atoms with E-state index in [1.165, 1.54) is 33.4 Å². The van der Waals surface area contributed by atoms with Crippen LogP contribution in [0.15, 0.2) is 96.1 Å². The summed E-state index contributed by atoms with van der Waals surface area (Å²) in [5.74, 6) is 0. The number of allylic oxidation sites excluding steroid dienone is 4. The molecule has 0 saturated carbocycles. The lowest BCUT2D eigenvalue weighted by Gasteiger charge is -2.18. The summed E-state index contributed by atoms with van der Waals surface area (Å²) in [5.41, 5.74) is 12.2. The molecule has 48 heavy (non-hydrogen) atoms. The maximum Gasteiger partial charge on any atom is 0.416 e. The molecule has 0 atom stereocenters. The van der Waals surface area contributed by atoms with Crippen LogP contribution in [0.3, 0.4) is 0 Å². The molecule has 0 aliphatic heterocycles. The molecule has 250 valence electrons. The highest BCUT2D eigenvalue weighted by Crippen LogP contribution is 2.48. The molecule has 0 bridgehead atoms. The fraction of sp³-hybridized carbons (Fsp3) is 0.333. The van der Waals surface area contributed by atoms with Gasteiger partial charge in [0.25, 0.3) is 0 Å². The summed E-state index contributed by atoms with van der Waals surface area (Å²) in [4.78, 5) is 0. The minimum absolute atomic E-state index is 0.659. The summed E-state index contributed by atoms with van der Waals surface area (Å²) in [6.45, 7) is 4.36. The molecule has 4 aromatic carbocycles. The van der Waals surface area contributed by atoms with Gasteiger partial charge in [0.15, 0.2) is 0 Å². The first kappa shape index (κ1) is 33.8. The largest absolute Gasteiger partial charge is 0.416 e. The van der Waals surface area contributed by atoms with Crippen molar-refractivity contribution >= 4 is 11.1 Å². The summed E-state index contributed by atoms with van der Waals surface area (Å²) >= 11 is 0. The summed E-state index contributed by atoms with van der Waals surface area (Å²) in [5, 5.41) is 0. The Morgan fingerprint density at radius 2 is 0.854 bits per heavy atom. The van der Waals surface area contributed by atoms with Crippen molar-refractivity contribution in [2.24, 2.45) is 0 Å².